The van der Waals surface area contributed by atoms with Gasteiger partial charge in [0.15, 0.2) is 10.8 Å². The van der Waals surface area contributed by atoms with E-state index in [9.17, 15) is 9.59 Å². The molecule has 9 heteroatoms. The first kappa shape index (κ1) is 19.7. The van der Waals surface area contributed by atoms with Crippen molar-refractivity contribution in [1.29, 1.82) is 0 Å². The van der Waals surface area contributed by atoms with Gasteiger partial charge in [0.25, 0.3) is 5.91 Å². The Kier molecular flexibility index (Phi) is 5.84. The normalized spacial score (nSPS) is 10.7. The summed E-state index contributed by atoms with van der Waals surface area (Å²) in [6, 6.07) is 8.36. The number of amides is 2. The average molecular weight is 398 g/mol. The molecule has 0 radical (unpaired) electrons. The number of likely N-dealkylation sites (N-methyl/N-ethyl adjacent to an activating group) is 1. The Labute approximate surface area is 167 Å². The number of benzene rings is 1. The van der Waals surface area contributed by atoms with Crippen LogP contribution in [0.15, 0.2) is 30.5 Å². The van der Waals surface area contributed by atoms with Crippen LogP contribution >= 0.6 is 11.3 Å². The van der Waals surface area contributed by atoms with Gasteiger partial charge >= 0.3 is 0 Å². The maximum absolute atomic E-state index is 12.4. The van der Waals surface area contributed by atoms with E-state index < -0.39 is 5.91 Å². The summed E-state index contributed by atoms with van der Waals surface area (Å²) < 4.78 is 1.34. The molecule has 0 spiro atoms. The first-order valence-electron chi connectivity index (χ1n) is 8.75. The lowest BCUT2D eigenvalue weighted by Crippen LogP contribution is -2.26. The molecule has 2 aromatic heterocycles. The van der Waals surface area contributed by atoms with Crippen LogP contribution in [0.4, 0.5) is 5.13 Å². The van der Waals surface area contributed by atoms with Gasteiger partial charge in [-0.1, -0.05) is 35.0 Å². The molecule has 0 unspecified atom stereocenters. The van der Waals surface area contributed by atoms with Gasteiger partial charge in [0.1, 0.15) is 6.54 Å². The Morgan fingerprint density at radius 2 is 1.89 bits per heavy atom. The molecule has 2 amide bonds. The van der Waals surface area contributed by atoms with Crippen LogP contribution < -0.4 is 5.32 Å². The summed E-state index contributed by atoms with van der Waals surface area (Å²) in [5.41, 5.74) is 3.45. The van der Waals surface area contributed by atoms with E-state index >= 15 is 0 Å². The van der Waals surface area contributed by atoms with Gasteiger partial charge in [0.2, 0.25) is 5.91 Å². The summed E-state index contributed by atoms with van der Waals surface area (Å²) in [7, 11) is 3.32. The topological polar surface area (TPSA) is 93.0 Å². The zero-order chi connectivity index (χ0) is 20.3. The van der Waals surface area contributed by atoms with E-state index in [0.717, 1.165) is 17.0 Å². The number of nitrogens with zero attached hydrogens (tertiary/aromatic N) is 5. The molecule has 1 aromatic carbocycles. The largest absolute Gasteiger partial charge is 0.347 e. The standard InChI is InChI=1S/C19H22N6O2S/c1-12-5-7-14(8-6-12)9-16-13(2)20-19(28-16)21-18(27)15-10-25(23-22-15)11-17(26)24(3)4/h5-8,10H,9,11H2,1-4H3,(H,20,21,27). The lowest BCUT2D eigenvalue weighted by atomic mass is 10.1. The zero-order valence-electron chi connectivity index (χ0n) is 16.3. The van der Waals surface area contributed by atoms with E-state index in [0.29, 0.717) is 5.13 Å². The summed E-state index contributed by atoms with van der Waals surface area (Å²) in [6.07, 6.45) is 2.22. The third kappa shape index (κ3) is 4.80. The third-order valence-electron chi connectivity index (χ3n) is 4.17. The Hall–Kier alpha value is -3.07. The molecular formula is C19H22N6O2S. The second kappa shape index (κ2) is 8.30. The van der Waals surface area contributed by atoms with E-state index in [1.54, 1.807) is 14.1 Å². The third-order valence-corrected chi connectivity index (χ3v) is 5.24. The van der Waals surface area contributed by atoms with Crippen LogP contribution in [0.1, 0.15) is 32.2 Å². The highest BCUT2D eigenvalue weighted by Gasteiger charge is 2.16. The molecular weight excluding hydrogens is 376 g/mol. The Morgan fingerprint density at radius 3 is 2.57 bits per heavy atom. The van der Waals surface area contributed by atoms with Crippen molar-refractivity contribution in [3.8, 4) is 0 Å². The lowest BCUT2D eigenvalue weighted by molar-refractivity contribution is -0.129. The fourth-order valence-corrected chi connectivity index (χ4v) is 3.45. The van der Waals surface area contributed by atoms with E-state index in [4.69, 9.17) is 0 Å². The maximum Gasteiger partial charge on any atom is 0.279 e. The van der Waals surface area contributed by atoms with Crippen LogP contribution in [-0.4, -0.2) is 50.8 Å². The van der Waals surface area contributed by atoms with Gasteiger partial charge in [-0.25, -0.2) is 9.67 Å². The summed E-state index contributed by atoms with van der Waals surface area (Å²) in [6.45, 7) is 4.02. The molecule has 3 rings (SSSR count). The number of carbonyl (C=O) groups excluding carboxylic acids is 2. The van der Waals surface area contributed by atoms with Crippen LogP contribution in [0.5, 0.6) is 0 Å². The quantitative estimate of drug-likeness (QED) is 0.688. The first-order chi connectivity index (χ1) is 13.3. The molecule has 146 valence electrons. The summed E-state index contributed by atoms with van der Waals surface area (Å²) in [5.74, 6) is -0.535. The maximum atomic E-state index is 12.4. The summed E-state index contributed by atoms with van der Waals surface area (Å²) >= 11 is 1.44. The highest BCUT2D eigenvalue weighted by Crippen LogP contribution is 2.25. The Morgan fingerprint density at radius 1 is 1.18 bits per heavy atom. The van der Waals surface area contributed by atoms with Gasteiger partial charge in [0, 0.05) is 25.4 Å². The van der Waals surface area contributed by atoms with Crippen LogP contribution in [0, 0.1) is 13.8 Å². The molecule has 0 fully saturated rings. The second-order valence-corrected chi connectivity index (χ2v) is 7.82. The summed E-state index contributed by atoms with van der Waals surface area (Å²) in [4.78, 5) is 31.1. The average Bonchev–Trinajstić information content (AvgIpc) is 3.24. The number of thiazole rings is 1. The number of rotatable bonds is 6. The van der Waals surface area contributed by atoms with Crippen molar-refractivity contribution in [2.24, 2.45) is 0 Å². The Balaban J connectivity index is 1.65. The number of carbonyl (C=O) groups is 2. The van der Waals surface area contributed by atoms with Crippen molar-refractivity contribution in [3.05, 3.63) is 57.9 Å². The molecule has 0 aliphatic rings. The molecule has 0 saturated carbocycles. The molecule has 2 heterocycles. The number of aromatic nitrogens is 4. The molecule has 8 nitrogen and oxygen atoms in total. The van der Waals surface area contributed by atoms with E-state index in [-0.39, 0.29) is 18.1 Å². The molecule has 0 saturated heterocycles. The zero-order valence-corrected chi connectivity index (χ0v) is 17.1. The van der Waals surface area contributed by atoms with Gasteiger partial charge in [-0.15, -0.1) is 16.4 Å². The van der Waals surface area contributed by atoms with E-state index in [1.807, 2.05) is 6.92 Å². The number of hydrogen-bond donors (Lipinski definition) is 1. The van der Waals surface area contributed by atoms with Crippen LogP contribution in [0.3, 0.4) is 0 Å². The SMILES string of the molecule is Cc1ccc(Cc2sc(NC(=O)c3cn(CC(=O)N(C)C)nn3)nc2C)cc1. The molecule has 0 bridgehead atoms. The fraction of sp³-hybridized carbons (Fsp3) is 0.316. The molecule has 0 aliphatic heterocycles. The van der Waals surface area contributed by atoms with E-state index in [1.165, 1.54) is 38.2 Å². The van der Waals surface area contributed by atoms with Crippen LogP contribution in [0.25, 0.3) is 0 Å². The number of anilines is 1. The van der Waals surface area contributed by atoms with Gasteiger partial charge in [-0.05, 0) is 19.4 Å². The first-order valence-corrected chi connectivity index (χ1v) is 9.57. The molecule has 0 atom stereocenters. The smallest absolute Gasteiger partial charge is 0.279 e. The molecule has 0 aliphatic carbocycles. The second-order valence-electron chi connectivity index (χ2n) is 6.73. The minimum Gasteiger partial charge on any atom is -0.347 e. The number of hydrogen-bond acceptors (Lipinski definition) is 6. The van der Waals surface area contributed by atoms with Crippen molar-refractivity contribution in [2.75, 3.05) is 19.4 Å². The predicted molar refractivity (Wildman–Crippen MR) is 108 cm³/mol. The monoisotopic (exact) mass is 398 g/mol. The minimum absolute atomic E-state index is 0.0321. The van der Waals surface area contributed by atoms with Gasteiger partial charge in [0.05, 0.1) is 11.9 Å². The van der Waals surface area contributed by atoms with Gasteiger partial charge < -0.3 is 4.90 Å². The highest BCUT2D eigenvalue weighted by atomic mass is 32.1. The fourth-order valence-electron chi connectivity index (χ4n) is 2.46. The van der Waals surface area contributed by atoms with Crippen molar-refractivity contribution in [3.63, 3.8) is 0 Å². The van der Waals surface area contributed by atoms with Crippen molar-refractivity contribution >= 4 is 28.3 Å². The molecule has 28 heavy (non-hydrogen) atoms. The van der Waals surface area contributed by atoms with Crippen molar-refractivity contribution in [2.45, 2.75) is 26.8 Å². The minimum atomic E-state index is -0.404. The van der Waals surface area contributed by atoms with Crippen molar-refractivity contribution < 1.29 is 9.59 Å². The predicted octanol–water partition coefficient (Wildman–Crippen LogP) is 2.28. The lowest BCUT2D eigenvalue weighted by Gasteiger charge is -2.08. The van der Waals surface area contributed by atoms with Crippen molar-refractivity contribution in [1.82, 2.24) is 24.9 Å². The highest BCUT2D eigenvalue weighted by molar-refractivity contribution is 7.15. The Bertz CT molecular complexity index is 990. The molecule has 1 N–H and O–H groups in total. The number of aryl methyl sites for hydroxylation is 2. The van der Waals surface area contributed by atoms with E-state index in [2.05, 4.69) is 51.8 Å². The molecule has 3 aromatic rings. The number of nitrogens with one attached hydrogen (secondary N) is 1. The van der Waals surface area contributed by atoms with Gasteiger partial charge in [-0.2, -0.15) is 0 Å². The van der Waals surface area contributed by atoms with Crippen LogP contribution in [-0.2, 0) is 17.8 Å². The van der Waals surface area contributed by atoms with Crippen LogP contribution in [0.2, 0.25) is 0 Å². The summed E-state index contributed by atoms with van der Waals surface area (Å²) in [5, 5.41) is 10.9. The van der Waals surface area contributed by atoms with Gasteiger partial charge in [-0.3, -0.25) is 14.9 Å².